The summed E-state index contributed by atoms with van der Waals surface area (Å²) >= 11 is 11.2. The molecule has 2 aliphatic rings. The molecule has 0 amide bonds. The smallest absolute Gasteiger partial charge is 0.205 e. The molecular weight excluding hydrogens is 375 g/mol. The van der Waals surface area contributed by atoms with Crippen molar-refractivity contribution in [2.75, 3.05) is 0 Å². The van der Waals surface area contributed by atoms with E-state index in [1.165, 1.54) is 0 Å². The Morgan fingerprint density at radius 2 is 0.808 bits per heavy atom. The maximum atomic E-state index is 11.4. The van der Waals surface area contributed by atoms with Gasteiger partial charge in [0.25, 0.3) is 0 Å². The van der Waals surface area contributed by atoms with Crippen LogP contribution < -0.4 is 0 Å². The molecule has 4 rings (SSSR count). The molecule has 0 spiro atoms. The molecule has 2 aliphatic carbocycles. The van der Waals surface area contributed by atoms with Gasteiger partial charge in [0, 0.05) is 34.4 Å². The molecule has 2 aromatic rings. The first-order valence-corrected chi connectivity index (χ1v) is 8.26. The lowest BCUT2D eigenvalue weighted by molar-refractivity contribution is 0.0990. The number of hydrogen-bond donors (Lipinski definition) is 0. The maximum Gasteiger partial charge on any atom is 0.205 e. The highest BCUT2D eigenvalue weighted by molar-refractivity contribution is 6.49. The van der Waals surface area contributed by atoms with Crippen molar-refractivity contribution in [2.24, 2.45) is 0 Å². The summed E-state index contributed by atoms with van der Waals surface area (Å²) in [6, 6.07) is 13.3. The molecule has 0 heterocycles. The molecule has 0 unspecified atom stereocenters. The van der Waals surface area contributed by atoms with Gasteiger partial charge in [-0.2, -0.15) is 0 Å². The summed E-state index contributed by atoms with van der Waals surface area (Å²) < 4.78 is 0. The number of fused-ring (bicyclic) bond motifs is 2. The molecule has 2 aromatic carbocycles. The highest BCUT2D eigenvalue weighted by atomic mass is 35.5. The van der Waals surface area contributed by atoms with Gasteiger partial charge < -0.3 is 0 Å². The Balaban J connectivity index is 0.000000151. The van der Waals surface area contributed by atoms with E-state index < -0.39 is 0 Å². The second-order valence-electron chi connectivity index (χ2n) is 5.46. The first kappa shape index (κ1) is 18.0. The molecule has 128 valence electrons. The van der Waals surface area contributed by atoms with Crippen LogP contribution in [0.25, 0.3) is 0 Å². The highest BCUT2D eigenvalue weighted by Crippen LogP contribution is 2.23. The van der Waals surface area contributed by atoms with Gasteiger partial charge in [0.05, 0.1) is 10.1 Å². The Labute approximate surface area is 158 Å². The predicted molar refractivity (Wildman–Crippen MR) is 98.1 cm³/mol. The second-order valence-corrected chi connectivity index (χ2v) is 6.28. The third-order valence-electron chi connectivity index (χ3n) is 3.82. The number of benzene rings is 2. The van der Waals surface area contributed by atoms with Gasteiger partial charge in [0.1, 0.15) is 0 Å². The van der Waals surface area contributed by atoms with Crippen LogP contribution in [0.15, 0.2) is 70.7 Å². The number of hydrogen-bond acceptors (Lipinski definition) is 4. The normalized spacial score (nSPS) is 15.3. The fourth-order valence-electron chi connectivity index (χ4n) is 2.57. The van der Waals surface area contributed by atoms with Crippen molar-refractivity contribution >= 4 is 46.3 Å². The van der Waals surface area contributed by atoms with Gasteiger partial charge in [-0.3, -0.25) is 19.2 Å². The Morgan fingerprint density at radius 3 is 1.15 bits per heavy atom. The summed E-state index contributed by atoms with van der Waals surface area (Å²) in [4.78, 5) is 45.5. The minimum atomic E-state index is -0.281. The summed E-state index contributed by atoms with van der Waals surface area (Å²) in [7, 11) is 0. The van der Waals surface area contributed by atoms with Gasteiger partial charge >= 0.3 is 0 Å². The molecule has 0 aliphatic heterocycles. The molecule has 0 fully saturated rings. The minimum Gasteiger partial charge on any atom is -0.289 e. The van der Waals surface area contributed by atoms with Crippen LogP contribution in [-0.4, -0.2) is 23.1 Å². The zero-order chi connectivity index (χ0) is 18.8. The summed E-state index contributed by atoms with van der Waals surface area (Å²) in [6.07, 6.45) is 2.32. The quantitative estimate of drug-likeness (QED) is 0.675. The van der Waals surface area contributed by atoms with Crippen molar-refractivity contribution in [3.8, 4) is 0 Å². The van der Waals surface area contributed by atoms with E-state index in [9.17, 15) is 19.2 Å². The molecule has 0 radical (unpaired) electrons. The van der Waals surface area contributed by atoms with Gasteiger partial charge in [-0.05, 0) is 0 Å². The third-order valence-corrected chi connectivity index (χ3v) is 4.39. The lowest BCUT2D eigenvalue weighted by Crippen LogP contribution is -2.13. The Kier molecular flexibility index (Phi) is 4.98. The zero-order valence-electron chi connectivity index (χ0n) is 13.2. The Bertz CT molecular complexity index is 948. The summed E-state index contributed by atoms with van der Waals surface area (Å²) in [5.41, 5.74) is 1.63. The van der Waals surface area contributed by atoms with Crippen LogP contribution in [0.1, 0.15) is 41.4 Å². The molecule has 0 aromatic heterocycles. The second kappa shape index (κ2) is 7.20. The van der Waals surface area contributed by atoms with Gasteiger partial charge in [-0.1, -0.05) is 71.7 Å². The van der Waals surface area contributed by atoms with E-state index in [1.54, 1.807) is 48.5 Å². The largest absolute Gasteiger partial charge is 0.289 e. The van der Waals surface area contributed by atoms with E-state index in [0.29, 0.717) is 22.3 Å². The first-order chi connectivity index (χ1) is 12.4. The molecule has 0 saturated heterocycles. The third kappa shape index (κ3) is 3.29. The van der Waals surface area contributed by atoms with Crippen LogP contribution in [0.5, 0.6) is 0 Å². The van der Waals surface area contributed by atoms with Crippen LogP contribution in [0.4, 0.5) is 0 Å². The molecule has 0 bridgehead atoms. The number of Topliss-reactive ketones (excluding diaryl/α,β-unsaturated/α-hetero) is 2. The van der Waals surface area contributed by atoms with Crippen LogP contribution in [-0.2, 0) is 0 Å². The van der Waals surface area contributed by atoms with Crippen molar-refractivity contribution in [2.45, 2.75) is 0 Å². The van der Waals surface area contributed by atoms with Crippen LogP contribution >= 0.6 is 23.2 Å². The number of rotatable bonds is 0. The number of carbonyl (C=O) groups excluding carboxylic acids is 4. The Hall–Kier alpha value is -2.82. The van der Waals surface area contributed by atoms with E-state index in [0.717, 1.165) is 12.2 Å². The van der Waals surface area contributed by atoms with E-state index >= 15 is 0 Å². The molecular formula is C20H10Cl2O4. The van der Waals surface area contributed by atoms with Gasteiger partial charge in [0.2, 0.25) is 11.6 Å². The molecule has 0 saturated carbocycles. The molecule has 6 heteroatoms. The van der Waals surface area contributed by atoms with E-state index in [4.69, 9.17) is 23.2 Å². The van der Waals surface area contributed by atoms with Gasteiger partial charge in [-0.15, -0.1) is 0 Å². The summed E-state index contributed by atoms with van der Waals surface area (Å²) in [5.74, 6) is -0.978. The number of ketones is 4. The zero-order valence-corrected chi connectivity index (χ0v) is 14.7. The SMILES string of the molecule is O=C1C=C(Cl)C(=O)c2ccccc21.O=C1C=C(Cl)C(=O)c2ccccc21. The van der Waals surface area contributed by atoms with E-state index in [2.05, 4.69) is 0 Å². The number of carbonyl (C=O) groups is 4. The molecule has 4 nitrogen and oxygen atoms in total. The maximum absolute atomic E-state index is 11.4. The van der Waals surface area contributed by atoms with E-state index in [1.807, 2.05) is 0 Å². The van der Waals surface area contributed by atoms with Gasteiger partial charge in [0.15, 0.2) is 11.6 Å². The summed E-state index contributed by atoms with van der Waals surface area (Å²) in [5, 5.41) is -0.0209. The standard InChI is InChI=1S/2C10H5ClO2/c2*11-8-5-9(12)6-3-1-2-4-7(6)10(8)13/h2*1-5H. The average molecular weight is 385 g/mol. The summed E-state index contributed by atoms with van der Waals surface area (Å²) in [6.45, 7) is 0. The first-order valence-electron chi connectivity index (χ1n) is 7.50. The topological polar surface area (TPSA) is 68.3 Å². The van der Waals surface area contributed by atoms with Crippen molar-refractivity contribution in [3.05, 3.63) is 93.0 Å². The minimum absolute atomic E-state index is 0.0105. The number of allylic oxidation sites excluding steroid dienone is 4. The van der Waals surface area contributed by atoms with Gasteiger partial charge in [-0.25, -0.2) is 0 Å². The average Bonchev–Trinajstić information content (AvgIpc) is 2.65. The number of halogens is 2. The van der Waals surface area contributed by atoms with Crippen LogP contribution in [0.2, 0.25) is 0 Å². The fourth-order valence-corrected chi connectivity index (χ4v) is 2.97. The van der Waals surface area contributed by atoms with Crippen molar-refractivity contribution in [1.29, 1.82) is 0 Å². The van der Waals surface area contributed by atoms with Crippen molar-refractivity contribution in [3.63, 3.8) is 0 Å². The van der Waals surface area contributed by atoms with E-state index in [-0.39, 0.29) is 33.2 Å². The monoisotopic (exact) mass is 384 g/mol. The predicted octanol–water partition coefficient (Wildman–Crippen LogP) is 4.38. The van der Waals surface area contributed by atoms with Crippen molar-refractivity contribution < 1.29 is 19.2 Å². The molecule has 0 N–H and O–H groups in total. The van der Waals surface area contributed by atoms with Crippen molar-refractivity contribution in [1.82, 2.24) is 0 Å². The molecule has 26 heavy (non-hydrogen) atoms. The highest BCUT2D eigenvalue weighted by Gasteiger charge is 2.24. The van der Waals surface area contributed by atoms with Crippen LogP contribution in [0, 0.1) is 0 Å². The molecule has 0 atom stereocenters. The van der Waals surface area contributed by atoms with Crippen LogP contribution in [0.3, 0.4) is 0 Å². The fraction of sp³-hybridized carbons (Fsp3) is 0. The lowest BCUT2D eigenvalue weighted by atomic mass is 9.95. The lowest BCUT2D eigenvalue weighted by Gasteiger charge is -2.09. The Morgan fingerprint density at radius 1 is 0.500 bits per heavy atom.